The van der Waals surface area contributed by atoms with E-state index in [1.165, 1.54) is 0 Å². The second-order valence-electron chi connectivity index (χ2n) is 4.33. The number of carbonyl (C=O) groups is 1. The molecule has 18 heavy (non-hydrogen) atoms. The fraction of sp³-hybridized carbons (Fsp3) is 0.500. The van der Waals surface area contributed by atoms with Crippen LogP contribution in [-0.2, 0) is 0 Å². The van der Waals surface area contributed by atoms with Gasteiger partial charge in [-0.15, -0.1) is 6.58 Å². The quantitative estimate of drug-likeness (QED) is 0.822. The fourth-order valence-corrected chi connectivity index (χ4v) is 1.93. The van der Waals surface area contributed by atoms with Crippen LogP contribution in [0.15, 0.2) is 23.2 Å². The van der Waals surface area contributed by atoms with Crippen LogP contribution in [0.1, 0.15) is 5.76 Å². The van der Waals surface area contributed by atoms with E-state index in [4.69, 9.17) is 4.52 Å². The number of carbonyl (C=O) groups excluding carboxylic acids is 1. The van der Waals surface area contributed by atoms with Crippen molar-refractivity contribution in [3.8, 4) is 0 Å². The number of urea groups is 1. The standard InChI is InChI=1S/C12H18N4O2/c1-3-4-15-5-7-16(8-6-15)12(17)13-11-9-10(2)18-14-11/h3,9H,1,4-8H2,2H3,(H,13,14,17). The van der Waals surface area contributed by atoms with Gasteiger partial charge in [0.05, 0.1) is 0 Å². The lowest BCUT2D eigenvalue weighted by molar-refractivity contribution is 0.155. The van der Waals surface area contributed by atoms with E-state index < -0.39 is 0 Å². The average Bonchev–Trinajstić information content (AvgIpc) is 2.76. The van der Waals surface area contributed by atoms with Crippen molar-refractivity contribution in [1.29, 1.82) is 0 Å². The number of nitrogens with zero attached hydrogens (tertiary/aromatic N) is 3. The largest absolute Gasteiger partial charge is 0.360 e. The summed E-state index contributed by atoms with van der Waals surface area (Å²) in [5, 5.41) is 6.46. The Hall–Kier alpha value is -1.82. The summed E-state index contributed by atoms with van der Waals surface area (Å²) in [5.41, 5.74) is 0. The summed E-state index contributed by atoms with van der Waals surface area (Å²) in [4.78, 5) is 16.0. The normalized spacial score (nSPS) is 16.6. The molecule has 0 aromatic carbocycles. The Morgan fingerprint density at radius 2 is 2.28 bits per heavy atom. The molecule has 6 heteroatoms. The van der Waals surface area contributed by atoms with Gasteiger partial charge in [0.25, 0.3) is 0 Å². The molecule has 1 aromatic heterocycles. The molecule has 0 spiro atoms. The summed E-state index contributed by atoms with van der Waals surface area (Å²) in [7, 11) is 0. The lowest BCUT2D eigenvalue weighted by Gasteiger charge is -2.33. The lowest BCUT2D eigenvalue weighted by Crippen LogP contribution is -2.49. The van der Waals surface area contributed by atoms with Crippen LogP contribution < -0.4 is 5.32 Å². The minimum absolute atomic E-state index is 0.124. The number of piperazine rings is 1. The maximum absolute atomic E-state index is 11.9. The summed E-state index contributed by atoms with van der Waals surface area (Å²) < 4.78 is 4.90. The molecule has 1 aliphatic rings. The summed E-state index contributed by atoms with van der Waals surface area (Å²) in [6.45, 7) is 9.56. The van der Waals surface area contributed by atoms with E-state index in [9.17, 15) is 4.79 Å². The maximum atomic E-state index is 11.9. The molecule has 0 saturated carbocycles. The Kier molecular flexibility index (Phi) is 3.99. The lowest BCUT2D eigenvalue weighted by atomic mass is 10.3. The fourth-order valence-electron chi connectivity index (χ4n) is 1.93. The van der Waals surface area contributed by atoms with E-state index in [0.29, 0.717) is 11.6 Å². The molecule has 1 fully saturated rings. The van der Waals surface area contributed by atoms with Crippen molar-refractivity contribution < 1.29 is 9.32 Å². The van der Waals surface area contributed by atoms with Gasteiger partial charge in [0.1, 0.15) is 5.76 Å². The Morgan fingerprint density at radius 3 is 2.83 bits per heavy atom. The van der Waals surface area contributed by atoms with Gasteiger partial charge in [-0.05, 0) is 6.92 Å². The smallest absolute Gasteiger partial charge is 0.323 e. The number of amides is 2. The highest BCUT2D eigenvalue weighted by molar-refractivity contribution is 5.88. The summed E-state index contributed by atoms with van der Waals surface area (Å²) >= 11 is 0. The first-order valence-corrected chi connectivity index (χ1v) is 6.01. The van der Waals surface area contributed by atoms with E-state index >= 15 is 0 Å². The van der Waals surface area contributed by atoms with Crippen molar-refractivity contribution in [2.24, 2.45) is 0 Å². The molecule has 0 unspecified atom stereocenters. The summed E-state index contributed by atoms with van der Waals surface area (Å²) in [6, 6.07) is 1.58. The third-order valence-corrected chi connectivity index (χ3v) is 2.91. The predicted octanol–water partition coefficient (Wildman–Crippen LogP) is 1.32. The molecule has 0 radical (unpaired) electrons. The Bertz CT molecular complexity index is 421. The van der Waals surface area contributed by atoms with Gasteiger partial charge in [-0.2, -0.15) is 0 Å². The van der Waals surface area contributed by atoms with E-state index in [2.05, 4.69) is 22.0 Å². The molecule has 1 saturated heterocycles. The molecular formula is C12H18N4O2. The van der Waals surface area contributed by atoms with Gasteiger partial charge < -0.3 is 9.42 Å². The molecule has 0 atom stereocenters. The first kappa shape index (κ1) is 12.6. The molecule has 2 heterocycles. The Balaban J connectivity index is 1.82. The zero-order chi connectivity index (χ0) is 13.0. The first-order valence-electron chi connectivity index (χ1n) is 6.01. The van der Waals surface area contributed by atoms with Crippen LogP contribution in [0.3, 0.4) is 0 Å². The van der Waals surface area contributed by atoms with Crippen LogP contribution in [0.5, 0.6) is 0 Å². The highest BCUT2D eigenvalue weighted by atomic mass is 16.5. The molecule has 2 amide bonds. The third-order valence-electron chi connectivity index (χ3n) is 2.91. The minimum atomic E-state index is -0.124. The van der Waals surface area contributed by atoms with Gasteiger partial charge in [-0.25, -0.2) is 4.79 Å². The van der Waals surface area contributed by atoms with E-state index in [-0.39, 0.29) is 6.03 Å². The van der Waals surface area contributed by atoms with E-state index in [1.54, 1.807) is 17.9 Å². The van der Waals surface area contributed by atoms with Crippen molar-refractivity contribution in [1.82, 2.24) is 15.0 Å². The van der Waals surface area contributed by atoms with Gasteiger partial charge in [0.2, 0.25) is 0 Å². The van der Waals surface area contributed by atoms with Crippen LogP contribution in [0, 0.1) is 6.92 Å². The second-order valence-corrected chi connectivity index (χ2v) is 4.33. The molecule has 98 valence electrons. The Morgan fingerprint density at radius 1 is 1.56 bits per heavy atom. The molecule has 6 nitrogen and oxygen atoms in total. The van der Waals surface area contributed by atoms with Gasteiger partial charge in [-0.1, -0.05) is 11.2 Å². The highest BCUT2D eigenvalue weighted by Crippen LogP contribution is 2.09. The van der Waals surface area contributed by atoms with Crippen molar-refractivity contribution in [2.75, 3.05) is 38.0 Å². The van der Waals surface area contributed by atoms with Crippen LogP contribution in [0.25, 0.3) is 0 Å². The number of hydrogen-bond acceptors (Lipinski definition) is 4. The number of hydrogen-bond donors (Lipinski definition) is 1. The maximum Gasteiger partial charge on any atom is 0.323 e. The molecule has 1 N–H and O–H groups in total. The average molecular weight is 250 g/mol. The van der Waals surface area contributed by atoms with Gasteiger partial charge >= 0.3 is 6.03 Å². The van der Waals surface area contributed by atoms with Crippen molar-refractivity contribution in [2.45, 2.75) is 6.92 Å². The predicted molar refractivity (Wildman–Crippen MR) is 68.5 cm³/mol. The van der Waals surface area contributed by atoms with Crippen molar-refractivity contribution >= 4 is 11.8 Å². The molecule has 0 bridgehead atoms. The number of rotatable bonds is 3. The number of aromatic nitrogens is 1. The van der Waals surface area contributed by atoms with Crippen molar-refractivity contribution in [3.63, 3.8) is 0 Å². The topological polar surface area (TPSA) is 61.6 Å². The zero-order valence-electron chi connectivity index (χ0n) is 10.6. The minimum Gasteiger partial charge on any atom is -0.360 e. The molecular weight excluding hydrogens is 232 g/mol. The van der Waals surface area contributed by atoms with Gasteiger partial charge in [0.15, 0.2) is 5.82 Å². The SMILES string of the molecule is C=CCN1CCN(C(=O)Nc2cc(C)on2)CC1. The molecule has 1 aromatic rings. The zero-order valence-corrected chi connectivity index (χ0v) is 10.6. The summed E-state index contributed by atoms with van der Waals surface area (Å²) in [5.74, 6) is 1.15. The highest BCUT2D eigenvalue weighted by Gasteiger charge is 2.20. The van der Waals surface area contributed by atoms with Crippen LogP contribution in [-0.4, -0.2) is 53.7 Å². The van der Waals surface area contributed by atoms with E-state index in [1.807, 2.05) is 6.08 Å². The van der Waals surface area contributed by atoms with Gasteiger partial charge in [0, 0.05) is 38.8 Å². The Labute approximate surface area is 106 Å². The second kappa shape index (κ2) is 5.68. The number of anilines is 1. The first-order chi connectivity index (χ1) is 8.69. The van der Waals surface area contributed by atoms with E-state index in [0.717, 1.165) is 32.7 Å². The third kappa shape index (κ3) is 3.10. The number of nitrogens with one attached hydrogen (secondary N) is 1. The van der Waals surface area contributed by atoms with Gasteiger partial charge in [-0.3, -0.25) is 10.2 Å². The van der Waals surface area contributed by atoms with Crippen LogP contribution in [0.4, 0.5) is 10.6 Å². The monoisotopic (exact) mass is 250 g/mol. The number of aryl methyl sites for hydroxylation is 1. The molecule has 0 aliphatic carbocycles. The van der Waals surface area contributed by atoms with Crippen molar-refractivity contribution in [3.05, 3.63) is 24.5 Å². The van der Waals surface area contributed by atoms with Crippen LogP contribution >= 0.6 is 0 Å². The molecule has 2 rings (SSSR count). The van der Waals surface area contributed by atoms with Crippen LogP contribution in [0.2, 0.25) is 0 Å². The summed E-state index contributed by atoms with van der Waals surface area (Å²) in [6.07, 6.45) is 1.88. The molecule has 1 aliphatic heterocycles.